The number of hydrogen-bond acceptors (Lipinski definition) is 5. The number of benzene rings is 1. The summed E-state index contributed by atoms with van der Waals surface area (Å²) in [6, 6.07) is 4.47. The number of hydrogen-bond donors (Lipinski definition) is 2. The van der Waals surface area contributed by atoms with Gasteiger partial charge in [-0.3, -0.25) is 14.9 Å². The molecular weight excluding hydrogens is 248 g/mol. The van der Waals surface area contributed by atoms with Crippen LogP contribution in [0.1, 0.15) is 16.8 Å². The Balaban J connectivity index is 2.38. The van der Waals surface area contributed by atoms with Crippen molar-refractivity contribution in [3.05, 3.63) is 33.9 Å². The van der Waals surface area contributed by atoms with Crippen molar-refractivity contribution in [3.63, 3.8) is 0 Å². The van der Waals surface area contributed by atoms with Gasteiger partial charge in [-0.1, -0.05) is 0 Å². The SMILES string of the molecule is CN(c1ccc([N+](=O)[O-])cc1C(N)=O)C1CCNC1. The van der Waals surface area contributed by atoms with Crippen LogP contribution in [0.2, 0.25) is 0 Å². The number of nitro benzene ring substituents is 1. The molecule has 3 N–H and O–H groups in total. The molecule has 1 amide bonds. The van der Waals surface area contributed by atoms with Crippen molar-refractivity contribution >= 4 is 17.3 Å². The monoisotopic (exact) mass is 264 g/mol. The van der Waals surface area contributed by atoms with E-state index in [9.17, 15) is 14.9 Å². The Bertz CT molecular complexity index is 512. The van der Waals surface area contributed by atoms with Crippen LogP contribution in [0.15, 0.2) is 18.2 Å². The predicted octanol–water partition coefficient (Wildman–Crippen LogP) is 0.492. The molecule has 1 heterocycles. The Morgan fingerprint density at radius 2 is 2.32 bits per heavy atom. The number of anilines is 1. The molecule has 7 nitrogen and oxygen atoms in total. The van der Waals surface area contributed by atoms with E-state index in [4.69, 9.17) is 5.73 Å². The lowest BCUT2D eigenvalue weighted by Crippen LogP contribution is -2.34. The third-order valence-electron chi connectivity index (χ3n) is 3.42. The van der Waals surface area contributed by atoms with Gasteiger partial charge in [0.15, 0.2) is 0 Å². The second kappa shape index (κ2) is 5.23. The summed E-state index contributed by atoms with van der Waals surface area (Å²) in [6.45, 7) is 1.75. The molecule has 19 heavy (non-hydrogen) atoms. The lowest BCUT2D eigenvalue weighted by atomic mass is 10.1. The number of carbonyl (C=O) groups is 1. The molecule has 7 heteroatoms. The maximum absolute atomic E-state index is 11.5. The Morgan fingerprint density at radius 1 is 1.58 bits per heavy atom. The highest BCUT2D eigenvalue weighted by Crippen LogP contribution is 2.27. The maximum atomic E-state index is 11.5. The number of nitrogens with zero attached hydrogens (tertiary/aromatic N) is 2. The van der Waals surface area contributed by atoms with Crippen LogP contribution in [-0.2, 0) is 0 Å². The Labute approximate surface area is 110 Å². The molecule has 0 saturated carbocycles. The lowest BCUT2D eigenvalue weighted by Gasteiger charge is -2.27. The Morgan fingerprint density at radius 3 is 2.84 bits per heavy atom. The van der Waals surface area contributed by atoms with Crippen molar-refractivity contribution in [1.82, 2.24) is 5.32 Å². The summed E-state index contributed by atoms with van der Waals surface area (Å²) in [5, 5.41) is 14.0. The normalized spacial score (nSPS) is 18.3. The molecule has 0 aliphatic carbocycles. The van der Waals surface area contributed by atoms with Gasteiger partial charge in [0.2, 0.25) is 0 Å². The van der Waals surface area contributed by atoms with E-state index < -0.39 is 10.8 Å². The van der Waals surface area contributed by atoms with E-state index in [-0.39, 0.29) is 17.3 Å². The summed E-state index contributed by atoms with van der Waals surface area (Å²) in [6.07, 6.45) is 0.964. The summed E-state index contributed by atoms with van der Waals surface area (Å²) in [7, 11) is 1.87. The first-order valence-electron chi connectivity index (χ1n) is 6.02. The summed E-state index contributed by atoms with van der Waals surface area (Å²) in [4.78, 5) is 23.6. The number of likely N-dealkylation sites (N-methyl/N-ethyl adjacent to an activating group) is 1. The molecule has 1 aliphatic heterocycles. The van der Waals surface area contributed by atoms with Crippen LogP contribution in [0, 0.1) is 10.1 Å². The lowest BCUT2D eigenvalue weighted by molar-refractivity contribution is -0.384. The molecule has 0 radical (unpaired) electrons. The minimum Gasteiger partial charge on any atom is -0.370 e. The molecule has 1 atom stereocenters. The summed E-state index contributed by atoms with van der Waals surface area (Å²) >= 11 is 0. The van der Waals surface area contributed by atoms with Crippen molar-refractivity contribution in [1.29, 1.82) is 0 Å². The fourth-order valence-corrected chi connectivity index (χ4v) is 2.31. The van der Waals surface area contributed by atoms with Gasteiger partial charge >= 0.3 is 0 Å². The van der Waals surface area contributed by atoms with Gasteiger partial charge in [0.1, 0.15) is 0 Å². The highest BCUT2D eigenvalue weighted by atomic mass is 16.6. The number of rotatable bonds is 4. The fraction of sp³-hybridized carbons (Fsp3) is 0.417. The van der Waals surface area contributed by atoms with E-state index in [1.54, 1.807) is 6.07 Å². The van der Waals surface area contributed by atoms with Crippen molar-refractivity contribution in [2.45, 2.75) is 12.5 Å². The first-order chi connectivity index (χ1) is 9.00. The van der Waals surface area contributed by atoms with Crippen molar-refractivity contribution in [3.8, 4) is 0 Å². The third kappa shape index (κ3) is 2.65. The molecule has 1 saturated heterocycles. The van der Waals surface area contributed by atoms with Crippen LogP contribution < -0.4 is 16.0 Å². The molecule has 102 valence electrons. The highest BCUT2D eigenvalue weighted by molar-refractivity contribution is 5.99. The van der Waals surface area contributed by atoms with Crippen LogP contribution in [-0.4, -0.2) is 37.0 Å². The molecule has 0 bridgehead atoms. The van der Waals surface area contributed by atoms with Crippen molar-refractivity contribution in [2.75, 3.05) is 25.0 Å². The predicted molar refractivity (Wildman–Crippen MR) is 71.3 cm³/mol. The van der Waals surface area contributed by atoms with Gasteiger partial charge in [0.05, 0.1) is 16.2 Å². The smallest absolute Gasteiger partial charge is 0.270 e. The van der Waals surface area contributed by atoms with Crippen molar-refractivity contribution < 1.29 is 9.72 Å². The summed E-state index contributed by atoms with van der Waals surface area (Å²) in [5.74, 6) is -0.656. The zero-order valence-corrected chi connectivity index (χ0v) is 10.6. The van der Waals surface area contributed by atoms with E-state index in [2.05, 4.69) is 5.32 Å². The zero-order valence-electron chi connectivity index (χ0n) is 10.6. The van der Waals surface area contributed by atoms with Crippen LogP contribution in [0.3, 0.4) is 0 Å². The molecular formula is C12H16N4O3. The topological polar surface area (TPSA) is 102 Å². The fourth-order valence-electron chi connectivity index (χ4n) is 2.31. The molecule has 1 aromatic rings. The molecule has 0 spiro atoms. The molecule has 1 aromatic carbocycles. The maximum Gasteiger partial charge on any atom is 0.270 e. The Hall–Kier alpha value is -2.15. The van der Waals surface area contributed by atoms with Gasteiger partial charge in [0, 0.05) is 31.8 Å². The van der Waals surface area contributed by atoms with Crippen LogP contribution in [0.25, 0.3) is 0 Å². The molecule has 1 fully saturated rings. The van der Waals surface area contributed by atoms with Crippen LogP contribution >= 0.6 is 0 Å². The van der Waals surface area contributed by atoms with Gasteiger partial charge in [0.25, 0.3) is 11.6 Å². The number of nitrogens with one attached hydrogen (secondary N) is 1. The summed E-state index contributed by atoms with van der Waals surface area (Å²) < 4.78 is 0. The van der Waals surface area contributed by atoms with E-state index in [1.807, 2.05) is 11.9 Å². The minimum absolute atomic E-state index is 0.129. The Kier molecular flexibility index (Phi) is 3.66. The average molecular weight is 264 g/mol. The second-order valence-corrected chi connectivity index (χ2v) is 4.58. The molecule has 1 unspecified atom stereocenters. The van der Waals surface area contributed by atoms with Gasteiger partial charge in [-0.15, -0.1) is 0 Å². The number of amides is 1. The average Bonchev–Trinajstić information content (AvgIpc) is 2.90. The summed E-state index contributed by atoms with van der Waals surface area (Å²) in [5.41, 5.74) is 6.00. The van der Waals surface area contributed by atoms with E-state index >= 15 is 0 Å². The number of carbonyl (C=O) groups excluding carboxylic acids is 1. The molecule has 1 aliphatic rings. The highest BCUT2D eigenvalue weighted by Gasteiger charge is 2.24. The number of nitrogens with two attached hydrogens (primary N) is 1. The van der Waals surface area contributed by atoms with Gasteiger partial charge in [-0.2, -0.15) is 0 Å². The number of nitro groups is 1. The first-order valence-corrected chi connectivity index (χ1v) is 6.02. The molecule has 2 rings (SSSR count). The number of non-ortho nitro benzene ring substituents is 1. The largest absolute Gasteiger partial charge is 0.370 e. The first kappa shape index (κ1) is 13.3. The van der Waals surface area contributed by atoms with E-state index in [0.29, 0.717) is 5.69 Å². The van der Waals surface area contributed by atoms with Crippen LogP contribution in [0.5, 0.6) is 0 Å². The van der Waals surface area contributed by atoms with Crippen molar-refractivity contribution in [2.24, 2.45) is 5.73 Å². The van der Waals surface area contributed by atoms with E-state index in [1.165, 1.54) is 12.1 Å². The van der Waals surface area contributed by atoms with Gasteiger partial charge < -0.3 is 16.0 Å². The standard InChI is InChI=1S/C12H16N4O3/c1-15(9-4-5-14-7-9)11-3-2-8(16(18)19)6-10(11)12(13)17/h2-3,6,9,14H,4-5,7H2,1H3,(H2,13,17). The van der Waals surface area contributed by atoms with Gasteiger partial charge in [-0.25, -0.2) is 0 Å². The zero-order chi connectivity index (χ0) is 14.0. The second-order valence-electron chi connectivity index (χ2n) is 4.58. The third-order valence-corrected chi connectivity index (χ3v) is 3.42. The van der Waals surface area contributed by atoms with E-state index in [0.717, 1.165) is 19.5 Å². The minimum atomic E-state index is -0.656. The quantitative estimate of drug-likeness (QED) is 0.608. The number of primary amides is 1. The molecule has 0 aromatic heterocycles. The van der Waals surface area contributed by atoms with Crippen LogP contribution in [0.4, 0.5) is 11.4 Å². The van der Waals surface area contributed by atoms with Gasteiger partial charge in [-0.05, 0) is 19.0 Å².